The summed E-state index contributed by atoms with van der Waals surface area (Å²) in [5.41, 5.74) is 1.15. The monoisotopic (exact) mass is 332 g/mol. The number of rotatable bonds is 4. The molecule has 0 heterocycles. The predicted octanol–water partition coefficient (Wildman–Crippen LogP) is 4.93. The Balaban J connectivity index is 2.09. The molecule has 0 saturated heterocycles. The Morgan fingerprint density at radius 1 is 0.950 bits per heavy atom. The highest BCUT2D eigenvalue weighted by molar-refractivity contribution is 6.35. The molecule has 2 aromatic rings. The van der Waals surface area contributed by atoms with Gasteiger partial charge in [-0.15, -0.1) is 0 Å². The number of aliphatic hydroxyl groups is 1. The van der Waals surface area contributed by atoms with Crippen LogP contribution in [0.5, 0.6) is 0 Å². The molecule has 1 nitrogen and oxygen atoms in total. The molecule has 0 aliphatic heterocycles. The zero-order valence-corrected chi connectivity index (χ0v) is 12.7. The summed E-state index contributed by atoms with van der Waals surface area (Å²) in [5.74, 6) is -0.490. The number of hydrogen-bond acceptors (Lipinski definition) is 1. The Bertz CT molecular complexity index is 616. The third-order valence-corrected chi connectivity index (χ3v) is 3.84. The van der Waals surface area contributed by atoms with Crippen LogP contribution < -0.4 is 0 Å². The summed E-state index contributed by atoms with van der Waals surface area (Å²) in [6.45, 7) is 0. The topological polar surface area (TPSA) is 20.2 Å². The van der Waals surface area contributed by atoms with Crippen molar-refractivity contribution < 1.29 is 9.50 Å². The lowest BCUT2D eigenvalue weighted by Crippen LogP contribution is -2.15. The molecule has 106 valence electrons. The quantitative estimate of drug-likeness (QED) is 0.841. The minimum absolute atomic E-state index is 0.0548. The lowest BCUT2D eigenvalue weighted by atomic mass is 10.0. The predicted molar refractivity (Wildman–Crippen MR) is 81.3 cm³/mol. The van der Waals surface area contributed by atoms with Gasteiger partial charge in [0.15, 0.2) is 0 Å². The Hall–Kier alpha value is -0.800. The number of aliphatic hydroxyl groups excluding tert-OH is 1. The van der Waals surface area contributed by atoms with Gasteiger partial charge in [0.25, 0.3) is 0 Å². The fourth-order valence-corrected chi connectivity index (χ4v) is 2.65. The molecule has 1 atom stereocenters. The number of benzene rings is 2. The maximum atomic E-state index is 13.7. The van der Waals surface area contributed by atoms with Gasteiger partial charge >= 0.3 is 0 Å². The number of halogens is 4. The van der Waals surface area contributed by atoms with Crippen LogP contribution >= 0.6 is 34.8 Å². The maximum absolute atomic E-state index is 13.7. The van der Waals surface area contributed by atoms with Gasteiger partial charge in [-0.1, -0.05) is 53.0 Å². The second kappa shape index (κ2) is 6.77. The van der Waals surface area contributed by atoms with Gasteiger partial charge in [0.1, 0.15) is 5.82 Å². The van der Waals surface area contributed by atoms with Gasteiger partial charge in [-0.2, -0.15) is 0 Å². The molecular formula is C15H12Cl3FO. The lowest BCUT2D eigenvalue weighted by Gasteiger charge is -2.13. The smallest absolute Gasteiger partial charge is 0.145 e. The van der Waals surface area contributed by atoms with E-state index < -0.39 is 11.9 Å². The SMILES string of the molecule is OC(Cc1ccc(Cl)cc1Cl)Cc1cccc(Cl)c1F. The standard InChI is InChI=1S/C15H12Cl3FO/c16-11-5-4-9(14(18)8-11)6-12(20)7-10-2-1-3-13(17)15(10)19/h1-5,8,12,20H,6-7H2. The van der Waals surface area contributed by atoms with E-state index in [9.17, 15) is 9.50 Å². The third kappa shape index (κ3) is 3.86. The molecule has 0 amide bonds. The first-order chi connectivity index (χ1) is 9.47. The van der Waals surface area contributed by atoms with Gasteiger partial charge in [-0.3, -0.25) is 0 Å². The van der Waals surface area contributed by atoms with Crippen LogP contribution in [-0.4, -0.2) is 11.2 Å². The molecule has 0 aromatic heterocycles. The normalized spacial score (nSPS) is 12.4. The molecule has 0 aliphatic rings. The van der Waals surface area contributed by atoms with E-state index in [1.807, 2.05) is 0 Å². The molecular weight excluding hydrogens is 322 g/mol. The van der Waals surface area contributed by atoms with Crippen molar-refractivity contribution in [3.05, 3.63) is 68.4 Å². The van der Waals surface area contributed by atoms with E-state index in [1.54, 1.807) is 30.3 Å². The van der Waals surface area contributed by atoms with Crippen LogP contribution in [0.4, 0.5) is 4.39 Å². The van der Waals surface area contributed by atoms with Crippen molar-refractivity contribution >= 4 is 34.8 Å². The zero-order valence-electron chi connectivity index (χ0n) is 10.4. The Labute approximate surface area is 131 Å². The van der Waals surface area contributed by atoms with Gasteiger partial charge in [-0.25, -0.2) is 4.39 Å². The second-order valence-corrected chi connectivity index (χ2v) is 5.76. The summed E-state index contributed by atoms with van der Waals surface area (Å²) in [4.78, 5) is 0. The Morgan fingerprint density at radius 3 is 2.35 bits per heavy atom. The largest absolute Gasteiger partial charge is 0.392 e. The summed E-state index contributed by atoms with van der Waals surface area (Å²) in [7, 11) is 0. The van der Waals surface area contributed by atoms with E-state index in [-0.39, 0.29) is 11.4 Å². The van der Waals surface area contributed by atoms with Gasteiger partial charge in [0.05, 0.1) is 11.1 Å². The van der Waals surface area contributed by atoms with E-state index >= 15 is 0 Å². The highest BCUT2D eigenvalue weighted by Gasteiger charge is 2.13. The minimum atomic E-state index is -0.748. The van der Waals surface area contributed by atoms with E-state index in [0.29, 0.717) is 22.0 Å². The van der Waals surface area contributed by atoms with Crippen LogP contribution in [0, 0.1) is 5.82 Å². The van der Waals surface area contributed by atoms with Crippen molar-refractivity contribution in [2.24, 2.45) is 0 Å². The van der Waals surface area contributed by atoms with Gasteiger partial charge < -0.3 is 5.11 Å². The lowest BCUT2D eigenvalue weighted by molar-refractivity contribution is 0.174. The Kier molecular flexibility index (Phi) is 5.28. The average Bonchev–Trinajstić information content (AvgIpc) is 2.38. The summed E-state index contributed by atoms with van der Waals surface area (Å²) in [6.07, 6.45) is -0.255. The van der Waals surface area contributed by atoms with Crippen molar-refractivity contribution in [2.45, 2.75) is 18.9 Å². The maximum Gasteiger partial charge on any atom is 0.145 e. The Morgan fingerprint density at radius 2 is 1.65 bits per heavy atom. The first-order valence-electron chi connectivity index (χ1n) is 6.02. The van der Waals surface area contributed by atoms with Crippen LogP contribution in [0.15, 0.2) is 36.4 Å². The molecule has 1 N–H and O–H groups in total. The van der Waals surface area contributed by atoms with Gasteiger partial charge in [-0.05, 0) is 29.3 Å². The van der Waals surface area contributed by atoms with Crippen molar-refractivity contribution in [3.8, 4) is 0 Å². The first kappa shape index (κ1) is 15.6. The van der Waals surface area contributed by atoms with Crippen LogP contribution in [0.1, 0.15) is 11.1 Å². The van der Waals surface area contributed by atoms with E-state index in [1.165, 1.54) is 6.07 Å². The van der Waals surface area contributed by atoms with Crippen LogP contribution in [-0.2, 0) is 12.8 Å². The summed E-state index contributed by atoms with van der Waals surface area (Å²) >= 11 is 17.6. The van der Waals surface area contributed by atoms with Gasteiger partial charge in [0.2, 0.25) is 0 Å². The second-order valence-electron chi connectivity index (χ2n) is 4.51. The van der Waals surface area contributed by atoms with Crippen molar-refractivity contribution in [2.75, 3.05) is 0 Å². The summed E-state index contributed by atoms with van der Waals surface area (Å²) < 4.78 is 13.7. The molecule has 1 unspecified atom stereocenters. The molecule has 20 heavy (non-hydrogen) atoms. The van der Waals surface area contributed by atoms with Crippen molar-refractivity contribution in [3.63, 3.8) is 0 Å². The van der Waals surface area contributed by atoms with Crippen LogP contribution in [0.2, 0.25) is 15.1 Å². The summed E-state index contributed by atoms with van der Waals surface area (Å²) in [6, 6.07) is 9.81. The van der Waals surface area contributed by atoms with Gasteiger partial charge in [0, 0.05) is 22.9 Å². The molecule has 0 aliphatic carbocycles. The molecule has 0 bridgehead atoms. The fourth-order valence-electron chi connectivity index (χ4n) is 1.97. The van der Waals surface area contributed by atoms with Crippen LogP contribution in [0.25, 0.3) is 0 Å². The van der Waals surface area contributed by atoms with E-state index in [0.717, 1.165) is 5.56 Å². The van der Waals surface area contributed by atoms with Crippen molar-refractivity contribution in [1.29, 1.82) is 0 Å². The number of hydrogen-bond donors (Lipinski definition) is 1. The highest BCUT2D eigenvalue weighted by Crippen LogP contribution is 2.24. The zero-order chi connectivity index (χ0) is 14.7. The molecule has 2 aromatic carbocycles. The fraction of sp³-hybridized carbons (Fsp3) is 0.200. The molecule has 0 spiro atoms. The minimum Gasteiger partial charge on any atom is -0.392 e. The van der Waals surface area contributed by atoms with E-state index in [4.69, 9.17) is 34.8 Å². The molecule has 5 heteroatoms. The molecule has 2 rings (SSSR count). The summed E-state index contributed by atoms with van der Waals surface area (Å²) in [5, 5.41) is 11.1. The molecule has 0 fully saturated rings. The van der Waals surface area contributed by atoms with Crippen LogP contribution in [0.3, 0.4) is 0 Å². The molecule has 0 radical (unpaired) electrons. The highest BCUT2D eigenvalue weighted by atomic mass is 35.5. The molecule has 0 saturated carbocycles. The average molecular weight is 334 g/mol. The van der Waals surface area contributed by atoms with E-state index in [2.05, 4.69) is 0 Å². The van der Waals surface area contributed by atoms with Crippen molar-refractivity contribution in [1.82, 2.24) is 0 Å². The third-order valence-electron chi connectivity index (χ3n) is 2.96. The first-order valence-corrected chi connectivity index (χ1v) is 7.15.